The number of carbonyl (C=O) groups is 1. The van der Waals surface area contributed by atoms with E-state index in [1.165, 1.54) is 33.4 Å². The molecule has 0 aliphatic carbocycles. The first kappa shape index (κ1) is 20.6. The van der Waals surface area contributed by atoms with E-state index in [-0.39, 0.29) is 16.8 Å². The molecule has 0 fully saturated rings. The molecule has 0 spiro atoms. The van der Waals surface area contributed by atoms with E-state index in [4.69, 9.17) is 9.47 Å². The number of hydrogen-bond donors (Lipinski definition) is 1. The van der Waals surface area contributed by atoms with Gasteiger partial charge in [0.2, 0.25) is 0 Å². The summed E-state index contributed by atoms with van der Waals surface area (Å²) in [5.74, 6) is 0.564. The van der Waals surface area contributed by atoms with Crippen LogP contribution in [0.4, 0.5) is 5.69 Å². The van der Waals surface area contributed by atoms with Crippen molar-refractivity contribution in [1.29, 1.82) is 0 Å². The van der Waals surface area contributed by atoms with Crippen LogP contribution in [0.3, 0.4) is 0 Å². The highest BCUT2D eigenvalue weighted by Gasteiger charge is 2.23. The van der Waals surface area contributed by atoms with Crippen LogP contribution < -0.4 is 19.1 Å². The normalized spacial score (nSPS) is 11.2. The number of carbonyl (C=O) groups excluding carboxylic acids is 1. The van der Waals surface area contributed by atoms with Crippen LogP contribution in [0.15, 0.2) is 47.4 Å². The molecule has 0 aliphatic rings. The third-order valence-corrected chi connectivity index (χ3v) is 5.71. The Labute approximate surface area is 160 Å². The highest BCUT2D eigenvalue weighted by atomic mass is 32.2. The van der Waals surface area contributed by atoms with Crippen molar-refractivity contribution in [3.8, 4) is 11.5 Å². The first-order valence-electron chi connectivity index (χ1n) is 8.32. The quantitative estimate of drug-likeness (QED) is 0.783. The summed E-state index contributed by atoms with van der Waals surface area (Å²) in [5.41, 5.74) is 0.898. The summed E-state index contributed by atoms with van der Waals surface area (Å²) in [6, 6.07) is 10.8. The number of nitrogens with zero attached hydrogens (tertiary/aromatic N) is 1. The van der Waals surface area contributed by atoms with Gasteiger partial charge in [0.05, 0.1) is 24.8 Å². The van der Waals surface area contributed by atoms with Gasteiger partial charge in [0.1, 0.15) is 0 Å². The van der Waals surface area contributed by atoms with Crippen LogP contribution in [0.2, 0.25) is 0 Å². The molecule has 0 bridgehead atoms. The van der Waals surface area contributed by atoms with Crippen molar-refractivity contribution in [1.82, 2.24) is 5.32 Å². The predicted octanol–water partition coefficient (Wildman–Crippen LogP) is 2.67. The fourth-order valence-corrected chi connectivity index (χ4v) is 3.65. The van der Waals surface area contributed by atoms with Gasteiger partial charge in [0.25, 0.3) is 15.9 Å². The first-order chi connectivity index (χ1) is 12.7. The van der Waals surface area contributed by atoms with Crippen LogP contribution in [-0.4, -0.2) is 41.6 Å². The lowest BCUT2D eigenvalue weighted by Crippen LogP contribution is -2.30. The number of nitrogens with one attached hydrogen (secondary N) is 1. The van der Waals surface area contributed by atoms with E-state index in [2.05, 4.69) is 5.32 Å². The molecule has 7 nitrogen and oxygen atoms in total. The number of sulfonamides is 1. The molecule has 1 N–H and O–H groups in total. The van der Waals surface area contributed by atoms with Crippen LogP contribution in [0, 0.1) is 0 Å². The zero-order valence-electron chi connectivity index (χ0n) is 16.0. The summed E-state index contributed by atoms with van der Waals surface area (Å²) in [6.07, 6.45) is 0. The van der Waals surface area contributed by atoms with Gasteiger partial charge in [0.15, 0.2) is 11.5 Å². The van der Waals surface area contributed by atoms with Gasteiger partial charge in [-0.3, -0.25) is 9.10 Å². The first-order valence-corrected chi connectivity index (χ1v) is 9.76. The van der Waals surface area contributed by atoms with Crippen LogP contribution in [-0.2, 0) is 10.0 Å². The van der Waals surface area contributed by atoms with Crippen molar-refractivity contribution in [2.24, 2.45) is 0 Å². The number of amides is 1. The van der Waals surface area contributed by atoms with Gasteiger partial charge in [-0.25, -0.2) is 8.42 Å². The van der Waals surface area contributed by atoms with E-state index in [9.17, 15) is 13.2 Å². The zero-order chi connectivity index (χ0) is 20.2. The molecule has 0 saturated carbocycles. The zero-order valence-corrected chi connectivity index (χ0v) is 16.8. The Hall–Kier alpha value is -2.74. The Balaban J connectivity index is 2.30. The molecule has 1 amide bonds. The Kier molecular flexibility index (Phi) is 6.32. The minimum atomic E-state index is -3.80. The molecule has 8 heteroatoms. The fraction of sp³-hybridized carbons (Fsp3) is 0.316. The maximum Gasteiger partial charge on any atom is 0.264 e. The van der Waals surface area contributed by atoms with Gasteiger partial charge in [0, 0.05) is 24.7 Å². The molecule has 0 aliphatic heterocycles. The number of methoxy groups -OCH3 is 2. The van der Waals surface area contributed by atoms with Gasteiger partial charge in [-0.1, -0.05) is 0 Å². The van der Waals surface area contributed by atoms with Crippen LogP contribution in [0.5, 0.6) is 11.5 Å². The molecule has 0 heterocycles. The minimum Gasteiger partial charge on any atom is -0.493 e. The molecule has 2 aromatic rings. The number of anilines is 1. The number of ether oxygens (including phenoxy) is 2. The van der Waals surface area contributed by atoms with Crippen molar-refractivity contribution >= 4 is 21.6 Å². The lowest BCUT2D eigenvalue weighted by molar-refractivity contribution is 0.0943. The SMILES string of the molecule is COc1ccc(S(=O)(=O)N(C)c2ccc(C(=O)NC(C)C)cc2)cc1OC. The molecule has 0 saturated heterocycles. The lowest BCUT2D eigenvalue weighted by Gasteiger charge is -2.20. The van der Waals surface area contributed by atoms with E-state index >= 15 is 0 Å². The van der Waals surface area contributed by atoms with Crippen molar-refractivity contribution in [2.45, 2.75) is 24.8 Å². The van der Waals surface area contributed by atoms with E-state index in [0.717, 1.165) is 4.31 Å². The molecule has 146 valence electrons. The Bertz CT molecular complexity index is 908. The molecule has 27 heavy (non-hydrogen) atoms. The van der Waals surface area contributed by atoms with Crippen LogP contribution in [0.25, 0.3) is 0 Å². The van der Waals surface area contributed by atoms with Crippen molar-refractivity contribution < 1.29 is 22.7 Å². The van der Waals surface area contributed by atoms with Gasteiger partial charge < -0.3 is 14.8 Å². The summed E-state index contributed by atoms with van der Waals surface area (Å²) in [6.45, 7) is 3.74. The van der Waals surface area contributed by atoms with Crippen LogP contribution in [0.1, 0.15) is 24.2 Å². The number of benzene rings is 2. The van der Waals surface area contributed by atoms with Crippen molar-refractivity contribution in [3.63, 3.8) is 0 Å². The Morgan fingerprint density at radius 3 is 2.11 bits per heavy atom. The molecule has 0 atom stereocenters. The van der Waals surface area contributed by atoms with E-state index in [1.54, 1.807) is 30.3 Å². The van der Waals surface area contributed by atoms with E-state index in [0.29, 0.717) is 22.7 Å². The van der Waals surface area contributed by atoms with E-state index < -0.39 is 10.0 Å². The summed E-state index contributed by atoms with van der Waals surface area (Å²) >= 11 is 0. The number of hydrogen-bond acceptors (Lipinski definition) is 5. The molecule has 0 unspecified atom stereocenters. The monoisotopic (exact) mass is 392 g/mol. The van der Waals surface area contributed by atoms with Crippen molar-refractivity contribution in [2.75, 3.05) is 25.6 Å². The maximum atomic E-state index is 12.9. The fourth-order valence-electron chi connectivity index (χ4n) is 2.44. The molecule has 2 rings (SSSR count). The lowest BCUT2D eigenvalue weighted by atomic mass is 10.2. The summed E-state index contributed by atoms with van der Waals surface area (Å²) in [7, 11) is 0.574. The standard InChI is InChI=1S/C19H24N2O5S/c1-13(2)20-19(22)14-6-8-15(9-7-14)21(3)27(23,24)16-10-11-17(25-4)18(12-16)26-5/h6-13H,1-5H3,(H,20,22). The van der Waals surface area contributed by atoms with E-state index in [1.807, 2.05) is 13.8 Å². The second kappa shape index (κ2) is 8.30. The molecule has 0 aromatic heterocycles. The smallest absolute Gasteiger partial charge is 0.264 e. The second-order valence-corrected chi connectivity index (χ2v) is 8.13. The molecular formula is C19H24N2O5S. The van der Waals surface area contributed by atoms with Crippen molar-refractivity contribution in [3.05, 3.63) is 48.0 Å². The molecule has 2 aromatic carbocycles. The average molecular weight is 392 g/mol. The largest absolute Gasteiger partial charge is 0.493 e. The molecule has 0 radical (unpaired) electrons. The number of rotatable bonds is 7. The topological polar surface area (TPSA) is 84.9 Å². The Morgan fingerprint density at radius 1 is 1.00 bits per heavy atom. The third-order valence-electron chi connectivity index (χ3n) is 3.93. The summed E-state index contributed by atoms with van der Waals surface area (Å²) in [5, 5.41) is 2.79. The third kappa shape index (κ3) is 4.51. The summed E-state index contributed by atoms with van der Waals surface area (Å²) < 4.78 is 37.3. The Morgan fingerprint density at radius 2 is 1.59 bits per heavy atom. The van der Waals surface area contributed by atoms with Gasteiger partial charge in [-0.2, -0.15) is 0 Å². The highest BCUT2D eigenvalue weighted by Crippen LogP contribution is 2.31. The predicted molar refractivity (Wildman–Crippen MR) is 104 cm³/mol. The maximum absolute atomic E-state index is 12.9. The van der Waals surface area contributed by atoms with Crippen LogP contribution >= 0.6 is 0 Å². The molecular weight excluding hydrogens is 368 g/mol. The second-order valence-electron chi connectivity index (χ2n) is 6.16. The highest BCUT2D eigenvalue weighted by molar-refractivity contribution is 7.92. The summed E-state index contributed by atoms with van der Waals surface area (Å²) in [4.78, 5) is 12.1. The minimum absolute atomic E-state index is 0.0188. The average Bonchev–Trinajstić information content (AvgIpc) is 2.66. The van der Waals surface area contributed by atoms with Gasteiger partial charge in [-0.05, 0) is 50.2 Å². The van der Waals surface area contributed by atoms with Gasteiger partial charge in [-0.15, -0.1) is 0 Å². The van der Waals surface area contributed by atoms with Gasteiger partial charge >= 0.3 is 0 Å².